The van der Waals surface area contributed by atoms with Crippen LogP contribution in [0.1, 0.15) is 72.3 Å². The van der Waals surface area contributed by atoms with Crippen LogP contribution in [0.5, 0.6) is 0 Å². The second-order valence-electron chi connectivity index (χ2n) is 10.2. The van der Waals surface area contributed by atoms with E-state index in [2.05, 4.69) is 88.6 Å². The maximum absolute atomic E-state index is 5.94. The van der Waals surface area contributed by atoms with Crippen molar-refractivity contribution in [2.24, 2.45) is 17.1 Å². The summed E-state index contributed by atoms with van der Waals surface area (Å²) in [4.78, 5) is 0. The Labute approximate surface area is 193 Å². The van der Waals surface area contributed by atoms with Crippen LogP contribution in [0, 0.1) is 11.3 Å². The standard InChI is InChI=1S/C26H32N2.C3H9N/c1-6-17(2)18-7-13-24-22(15-18)23-16-19(26(3,4)5)8-14-25(23)28(24)21-11-9-20(27)10-12-21;1-2-3-4/h7,9-17,19H,6,8,27H2,1-5H3;2-4H2,1H3. The van der Waals surface area contributed by atoms with Gasteiger partial charge < -0.3 is 16.0 Å². The lowest BCUT2D eigenvalue weighted by molar-refractivity contribution is 0.314. The Kier molecular flexibility index (Phi) is 7.51. The first kappa shape index (κ1) is 24.1. The quantitative estimate of drug-likeness (QED) is 0.520. The van der Waals surface area contributed by atoms with Gasteiger partial charge in [0.25, 0.3) is 0 Å². The molecular weight excluding hydrogens is 390 g/mol. The second kappa shape index (κ2) is 9.95. The molecule has 2 aromatic carbocycles. The molecule has 0 bridgehead atoms. The SMILES string of the molecule is CCC(C)c1ccc2c(c1)c1c(n2-c2ccc(N)cc2)=CCC(C(C)(C)C)C=1.CCCN. The summed E-state index contributed by atoms with van der Waals surface area (Å²) in [6.45, 7) is 14.5. The van der Waals surface area contributed by atoms with Gasteiger partial charge in [0.15, 0.2) is 0 Å². The van der Waals surface area contributed by atoms with Crippen molar-refractivity contribution in [2.45, 2.75) is 66.7 Å². The average molecular weight is 432 g/mol. The van der Waals surface area contributed by atoms with Crippen LogP contribution in [0.4, 0.5) is 5.69 Å². The van der Waals surface area contributed by atoms with Gasteiger partial charge in [-0.05, 0) is 85.0 Å². The molecule has 1 heterocycles. The first-order valence-electron chi connectivity index (χ1n) is 12.1. The second-order valence-corrected chi connectivity index (χ2v) is 10.2. The van der Waals surface area contributed by atoms with Gasteiger partial charge in [-0.15, -0.1) is 0 Å². The first-order chi connectivity index (χ1) is 15.2. The molecule has 0 spiro atoms. The third-order valence-electron chi connectivity index (χ3n) is 6.74. The Morgan fingerprint density at radius 1 is 1.06 bits per heavy atom. The van der Waals surface area contributed by atoms with E-state index in [-0.39, 0.29) is 5.41 Å². The van der Waals surface area contributed by atoms with E-state index in [0.29, 0.717) is 11.8 Å². The number of anilines is 1. The summed E-state index contributed by atoms with van der Waals surface area (Å²) in [5, 5.41) is 4.08. The van der Waals surface area contributed by atoms with Crippen LogP contribution in [-0.4, -0.2) is 11.1 Å². The highest BCUT2D eigenvalue weighted by molar-refractivity contribution is 5.85. The van der Waals surface area contributed by atoms with Crippen molar-refractivity contribution < 1.29 is 0 Å². The lowest BCUT2D eigenvalue weighted by atomic mass is 9.77. The van der Waals surface area contributed by atoms with Crippen LogP contribution in [0.15, 0.2) is 42.5 Å². The van der Waals surface area contributed by atoms with E-state index < -0.39 is 0 Å². The number of hydrogen-bond donors (Lipinski definition) is 2. The van der Waals surface area contributed by atoms with E-state index in [1.807, 2.05) is 12.1 Å². The van der Waals surface area contributed by atoms with Crippen molar-refractivity contribution in [2.75, 3.05) is 12.3 Å². The lowest BCUT2D eigenvalue weighted by Gasteiger charge is -2.28. The van der Waals surface area contributed by atoms with Gasteiger partial charge in [0.05, 0.1) is 5.52 Å². The molecule has 0 aliphatic heterocycles. The molecule has 2 unspecified atom stereocenters. The molecule has 3 aromatic rings. The van der Waals surface area contributed by atoms with E-state index >= 15 is 0 Å². The molecule has 1 aliphatic carbocycles. The minimum absolute atomic E-state index is 0.262. The van der Waals surface area contributed by atoms with Gasteiger partial charge in [-0.1, -0.05) is 59.8 Å². The number of nitrogens with zero attached hydrogens (tertiary/aromatic N) is 1. The number of rotatable bonds is 4. The number of nitrogen functional groups attached to an aromatic ring is 1. The van der Waals surface area contributed by atoms with Crippen LogP contribution in [0.3, 0.4) is 0 Å². The summed E-state index contributed by atoms with van der Waals surface area (Å²) < 4.78 is 2.40. The maximum atomic E-state index is 5.94. The van der Waals surface area contributed by atoms with Crippen molar-refractivity contribution in [3.8, 4) is 5.69 Å². The molecule has 0 radical (unpaired) electrons. The molecule has 4 rings (SSSR count). The lowest BCUT2D eigenvalue weighted by Crippen LogP contribution is -2.35. The molecular formula is C29H41N3. The number of fused-ring (bicyclic) bond motifs is 3. The molecule has 2 atom stereocenters. The monoisotopic (exact) mass is 431 g/mol. The van der Waals surface area contributed by atoms with E-state index in [1.54, 1.807) is 0 Å². The number of aromatic nitrogens is 1. The Morgan fingerprint density at radius 3 is 2.28 bits per heavy atom. The van der Waals surface area contributed by atoms with E-state index in [1.165, 1.54) is 32.7 Å². The summed E-state index contributed by atoms with van der Waals surface area (Å²) in [6.07, 6.45) is 8.29. The largest absolute Gasteiger partial charge is 0.399 e. The maximum Gasteiger partial charge on any atom is 0.0541 e. The van der Waals surface area contributed by atoms with Crippen LogP contribution in [0.2, 0.25) is 0 Å². The van der Waals surface area contributed by atoms with Crippen LogP contribution in [0.25, 0.3) is 28.7 Å². The number of nitrogens with two attached hydrogens (primary N) is 2. The van der Waals surface area contributed by atoms with Gasteiger partial charge in [-0.25, -0.2) is 0 Å². The zero-order valence-electron chi connectivity index (χ0n) is 20.8. The summed E-state index contributed by atoms with van der Waals surface area (Å²) in [5.74, 6) is 1.13. The minimum atomic E-state index is 0.262. The van der Waals surface area contributed by atoms with Gasteiger partial charge in [0, 0.05) is 27.3 Å². The Bertz CT molecular complexity index is 1160. The molecule has 172 valence electrons. The predicted octanol–water partition coefficient (Wildman–Crippen LogP) is 5.71. The van der Waals surface area contributed by atoms with E-state index in [9.17, 15) is 0 Å². The topological polar surface area (TPSA) is 57.0 Å². The molecule has 3 nitrogen and oxygen atoms in total. The van der Waals surface area contributed by atoms with Crippen molar-refractivity contribution in [3.63, 3.8) is 0 Å². The average Bonchev–Trinajstić information content (AvgIpc) is 3.11. The number of benzene rings is 2. The Morgan fingerprint density at radius 2 is 1.72 bits per heavy atom. The zero-order chi connectivity index (χ0) is 23.5. The highest BCUT2D eigenvalue weighted by Crippen LogP contribution is 2.32. The summed E-state index contributed by atoms with van der Waals surface area (Å²) in [5.41, 5.74) is 15.9. The van der Waals surface area contributed by atoms with Gasteiger partial charge in [0.2, 0.25) is 0 Å². The van der Waals surface area contributed by atoms with Gasteiger partial charge >= 0.3 is 0 Å². The molecule has 4 N–H and O–H groups in total. The normalized spacial score (nSPS) is 16.4. The molecule has 32 heavy (non-hydrogen) atoms. The smallest absolute Gasteiger partial charge is 0.0541 e. The predicted molar refractivity (Wildman–Crippen MR) is 141 cm³/mol. The van der Waals surface area contributed by atoms with Crippen LogP contribution >= 0.6 is 0 Å². The van der Waals surface area contributed by atoms with Crippen LogP contribution < -0.4 is 22.0 Å². The molecule has 0 fully saturated rings. The van der Waals surface area contributed by atoms with Gasteiger partial charge in [0.1, 0.15) is 0 Å². The number of hydrogen-bond acceptors (Lipinski definition) is 2. The molecule has 1 aliphatic rings. The molecule has 3 heteroatoms. The summed E-state index contributed by atoms with van der Waals surface area (Å²) in [7, 11) is 0. The Hall–Kier alpha value is -2.52. The molecule has 0 saturated heterocycles. The highest BCUT2D eigenvalue weighted by Gasteiger charge is 2.25. The summed E-state index contributed by atoms with van der Waals surface area (Å²) in [6, 6.07) is 15.3. The van der Waals surface area contributed by atoms with E-state index in [4.69, 9.17) is 11.5 Å². The van der Waals surface area contributed by atoms with Crippen molar-refractivity contribution in [1.29, 1.82) is 0 Å². The fourth-order valence-corrected chi connectivity index (χ4v) is 4.28. The fourth-order valence-electron chi connectivity index (χ4n) is 4.28. The van der Waals surface area contributed by atoms with Gasteiger partial charge in [-0.3, -0.25) is 0 Å². The van der Waals surface area contributed by atoms with Crippen molar-refractivity contribution in [3.05, 3.63) is 58.6 Å². The highest BCUT2D eigenvalue weighted by atomic mass is 15.0. The molecule has 0 amide bonds. The van der Waals surface area contributed by atoms with Crippen LogP contribution in [-0.2, 0) is 0 Å². The minimum Gasteiger partial charge on any atom is -0.399 e. The van der Waals surface area contributed by atoms with Crippen molar-refractivity contribution in [1.82, 2.24) is 4.57 Å². The third kappa shape index (κ3) is 4.94. The molecule has 0 saturated carbocycles. The third-order valence-corrected chi connectivity index (χ3v) is 6.74. The summed E-state index contributed by atoms with van der Waals surface area (Å²) >= 11 is 0. The fraction of sp³-hybridized carbons (Fsp3) is 0.448. The van der Waals surface area contributed by atoms with Crippen molar-refractivity contribution >= 4 is 28.7 Å². The Balaban J connectivity index is 0.000000668. The van der Waals surface area contributed by atoms with E-state index in [0.717, 1.165) is 31.5 Å². The first-order valence-corrected chi connectivity index (χ1v) is 12.1. The zero-order valence-corrected chi connectivity index (χ0v) is 20.8. The van der Waals surface area contributed by atoms with Gasteiger partial charge in [-0.2, -0.15) is 0 Å². The molecule has 1 aromatic heterocycles.